The maximum Gasteiger partial charge on any atom is 0.391 e. The van der Waals surface area contributed by atoms with E-state index in [0.717, 1.165) is 0 Å². The van der Waals surface area contributed by atoms with Gasteiger partial charge in [0.2, 0.25) is 0 Å². The summed E-state index contributed by atoms with van der Waals surface area (Å²) in [6, 6.07) is 0. The standard InChI is InChI=1S/C4H7NO3/c1-3(7-2)4(6)8-5/h1,5H2,2H3. The van der Waals surface area contributed by atoms with Crippen molar-refractivity contribution in [3.05, 3.63) is 12.3 Å². The molecule has 0 saturated carbocycles. The smallest absolute Gasteiger partial charge is 0.391 e. The van der Waals surface area contributed by atoms with Gasteiger partial charge >= 0.3 is 5.97 Å². The van der Waals surface area contributed by atoms with Crippen molar-refractivity contribution in [2.75, 3.05) is 7.11 Å². The summed E-state index contributed by atoms with van der Waals surface area (Å²) in [5.41, 5.74) is 0. The van der Waals surface area contributed by atoms with Crippen LogP contribution in [0.5, 0.6) is 0 Å². The molecule has 46 valence electrons. The highest BCUT2D eigenvalue weighted by Gasteiger charge is 2.04. The Morgan fingerprint density at radius 2 is 2.25 bits per heavy atom. The first-order chi connectivity index (χ1) is 3.72. The van der Waals surface area contributed by atoms with Crippen LogP contribution in [0.3, 0.4) is 0 Å². The van der Waals surface area contributed by atoms with Crippen LogP contribution in [0.25, 0.3) is 0 Å². The molecule has 0 aromatic carbocycles. The molecule has 0 aromatic heterocycles. The highest BCUT2D eigenvalue weighted by atomic mass is 16.7. The molecule has 0 atom stereocenters. The molecule has 0 rings (SSSR count). The van der Waals surface area contributed by atoms with Gasteiger partial charge in [0.15, 0.2) is 5.76 Å². The van der Waals surface area contributed by atoms with Gasteiger partial charge in [0.05, 0.1) is 7.11 Å². The number of methoxy groups -OCH3 is 1. The monoisotopic (exact) mass is 117 g/mol. The van der Waals surface area contributed by atoms with Crippen molar-refractivity contribution in [3.8, 4) is 0 Å². The quantitative estimate of drug-likeness (QED) is 0.302. The van der Waals surface area contributed by atoms with Gasteiger partial charge in [-0.3, -0.25) is 0 Å². The third kappa shape index (κ3) is 1.61. The first-order valence-corrected chi connectivity index (χ1v) is 1.86. The van der Waals surface area contributed by atoms with Crippen LogP contribution in [0.15, 0.2) is 12.3 Å². The molecule has 0 bridgehead atoms. The van der Waals surface area contributed by atoms with Crippen LogP contribution in [-0.4, -0.2) is 13.1 Å². The summed E-state index contributed by atoms with van der Waals surface area (Å²) in [7, 11) is 1.30. The Balaban J connectivity index is 3.64. The maximum absolute atomic E-state index is 10.2. The zero-order chi connectivity index (χ0) is 6.57. The first kappa shape index (κ1) is 6.97. The molecular weight excluding hydrogens is 110 g/mol. The lowest BCUT2D eigenvalue weighted by molar-refractivity contribution is -0.143. The summed E-state index contributed by atoms with van der Waals surface area (Å²) in [6.07, 6.45) is 0. The number of rotatable bonds is 2. The Morgan fingerprint density at radius 1 is 1.75 bits per heavy atom. The largest absolute Gasteiger partial charge is 0.490 e. The number of nitrogens with two attached hydrogens (primary N) is 1. The molecule has 0 aliphatic heterocycles. The van der Waals surface area contributed by atoms with E-state index in [2.05, 4.69) is 22.1 Å². The van der Waals surface area contributed by atoms with Crippen LogP contribution >= 0.6 is 0 Å². The van der Waals surface area contributed by atoms with E-state index in [0.29, 0.717) is 0 Å². The van der Waals surface area contributed by atoms with Crippen LogP contribution in [0.4, 0.5) is 0 Å². The van der Waals surface area contributed by atoms with E-state index >= 15 is 0 Å². The van der Waals surface area contributed by atoms with Gasteiger partial charge < -0.3 is 9.57 Å². The fraction of sp³-hybridized carbons (Fsp3) is 0.250. The fourth-order valence-electron chi connectivity index (χ4n) is 0.149. The first-order valence-electron chi connectivity index (χ1n) is 1.86. The predicted molar refractivity (Wildman–Crippen MR) is 26.4 cm³/mol. The van der Waals surface area contributed by atoms with Gasteiger partial charge in [-0.2, -0.15) is 5.90 Å². The summed E-state index contributed by atoms with van der Waals surface area (Å²) in [5, 5.41) is 0. The fourth-order valence-corrected chi connectivity index (χ4v) is 0.149. The van der Waals surface area contributed by atoms with Crippen molar-refractivity contribution in [2.24, 2.45) is 5.90 Å². The van der Waals surface area contributed by atoms with E-state index in [4.69, 9.17) is 0 Å². The second kappa shape index (κ2) is 3.04. The van der Waals surface area contributed by atoms with Gasteiger partial charge in [0, 0.05) is 0 Å². The van der Waals surface area contributed by atoms with E-state index in [1.165, 1.54) is 7.11 Å². The highest BCUT2D eigenvalue weighted by molar-refractivity contribution is 5.85. The molecule has 0 radical (unpaired) electrons. The molecule has 0 unspecified atom stereocenters. The van der Waals surface area contributed by atoms with Gasteiger partial charge in [0.1, 0.15) is 0 Å². The summed E-state index contributed by atoms with van der Waals surface area (Å²) < 4.78 is 4.35. The summed E-state index contributed by atoms with van der Waals surface area (Å²) in [6.45, 7) is 3.17. The van der Waals surface area contributed by atoms with Gasteiger partial charge in [-0.15, -0.1) is 0 Å². The molecule has 0 aromatic rings. The molecule has 0 amide bonds. The molecule has 0 aliphatic rings. The van der Waals surface area contributed by atoms with Crippen molar-refractivity contribution in [1.82, 2.24) is 0 Å². The van der Waals surface area contributed by atoms with Gasteiger partial charge in [0.25, 0.3) is 0 Å². The Hall–Kier alpha value is -1.03. The molecule has 0 spiro atoms. The van der Waals surface area contributed by atoms with Crippen molar-refractivity contribution < 1.29 is 14.4 Å². The molecule has 4 heteroatoms. The van der Waals surface area contributed by atoms with Gasteiger partial charge in [-0.1, -0.05) is 0 Å². The normalized spacial score (nSPS) is 7.75. The zero-order valence-electron chi connectivity index (χ0n) is 4.51. The Kier molecular flexibility index (Phi) is 2.64. The molecule has 0 heterocycles. The van der Waals surface area contributed by atoms with Crippen LogP contribution in [-0.2, 0) is 14.4 Å². The minimum Gasteiger partial charge on any atom is -0.490 e. The number of carbonyl (C=O) groups excluding carboxylic acids is 1. The van der Waals surface area contributed by atoms with Crippen molar-refractivity contribution >= 4 is 5.97 Å². The van der Waals surface area contributed by atoms with Crippen LogP contribution in [0.2, 0.25) is 0 Å². The van der Waals surface area contributed by atoms with Gasteiger partial charge in [-0.05, 0) is 6.58 Å². The number of ether oxygens (including phenoxy) is 1. The molecule has 4 nitrogen and oxygen atoms in total. The van der Waals surface area contributed by atoms with Crippen LogP contribution < -0.4 is 5.90 Å². The lowest BCUT2D eigenvalue weighted by atomic mass is 10.6. The van der Waals surface area contributed by atoms with E-state index in [-0.39, 0.29) is 5.76 Å². The second-order valence-electron chi connectivity index (χ2n) is 1.03. The predicted octanol–water partition coefficient (Wildman–Crippen LogP) is -0.437. The van der Waals surface area contributed by atoms with E-state index in [1.54, 1.807) is 0 Å². The zero-order valence-corrected chi connectivity index (χ0v) is 4.51. The summed E-state index contributed by atoms with van der Waals surface area (Å²) in [5.74, 6) is 3.60. The summed E-state index contributed by atoms with van der Waals surface area (Å²) >= 11 is 0. The number of hydrogen-bond donors (Lipinski definition) is 1. The maximum atomic E-state index is 10.2. The van der Waals surface area contributed by atoms with Crippen LogP contribution in [0, 0.1) is 0 Å². The molecule has 2 N–H and O–H groups in total. The SMILES string of the molecule is C=C(OC)C(=O)ON. The minimum absolute atomic E-state index is 0.104. The Morgan fingerprint density at radius 3 is 2.38 bits per heavy atom. The molecular formula is C4H7NO3. The van der Waals surface area contributed by atoms with E-state index < -0.39 is 5.97 Å². The number of hydrogen-bond acceptors (Lipinski definition) is 4. The third-order valence-corrected chi connectivity index (χ3v) is 0.581. The van der Waals surface area contributed by atoms with Crippen molar-refractivity contribution in [1.29, 1.82) is 0 Å². The van der Waals surface area contributed by atoms with E-state index in [9.17, 15) is 4.79 Å². The van der Waals surface area contributed by atoms with Crippen LogP contribution in [0.1, 0.15) is 0 Å². The van der Waals surface area contributed by atoms with Crippen molar-refractivity contribution in [2.45, 2.75) is 0 Å². The van der Waals surface area contributed by atoms with Gasteiger partial charge in [-0.25, -0.2) is 4.79 Å². The van der Waals surface area contributed by atoms with E-state index in [1.807, 2.05) is 0 Å². The molecule has 0 fully saturated rings. The molecule has 0 saturated heterocycles. The Labute approximate surface area is 46.8 Å². The molecule has 0 aliphatic carbocycles. The lowest BCUT2D eigenvalue weighted by Gasteiger charge is -1.97. The summed E-state index contributed by atoms with van der Waals surface area (Å²) in [4.78, 5) is 13.9. The lowest BCUT2D eigenvalue weighted by Crippen LogP contribution is -2.12. The second-order valence-corrected chi connectivity index (χ2v) is 1.03. The number of carbonyl (C=O) groups is 1. The topological polar surface area (TPSA) is 61.5 Å². The van der Waals surface area contributed by atoms with Crippen molar-refractivity contribution in [3.63, 3.8) is 0 Å². The average Bonchev–Trinajstić information content (AvgIpc) is 1.84. The highest BCUT2D eigenvalue weighted by Crippen LogP contribution is 1.89. The third-order valence-electron chi connectivity index (χ3n) is 0.581. The Bertz CT molecular complexity index is 95.9. The average molecular weight is 117 g/mol. The minimum atomic E-state index is -0.757. The molecule has 8 heavy (non-hydrogen) atoms.